The van der Waals surface area contributed by atoms with Crippen molar-refractivity contribution in [3.63, 3.8) is 0 Å². The Kier molecular flexibility index (Phi) is 4.81. The highest BCUT2D eigenvalue weighted by atomic mass is 32.1. The largest absolute Gasteiger partial charge is 0.497 e. The monoisotopic (exact) mass is 357 g/mol. The number of aryl methyl sites for hydroxylation is 3. The molecule has 1 amide bonds. The number of carbonyl (C=O) groups excluding carboxylic acids is 1. The first-order valence-electron chi connectivity index (χ1n) is 8.32. The van der Waals surface area contributed by atoms with Crippen LogP contribution in [-0.2, 0) is 7.05 Å². The van der Waals surface area contributed by atoms with Gasteiger partial charge >= 0.3 is 0 Å². The lowest BCUT2D eigenvalue weighted by molar-refractivity contribution is 0.0927. The van der Waals surface area contributed by atoms with Crippen LogP contribution >= 0.6 is 11.3 Å². The minimum atomic E-state index is -0.0879. The summed E-state index contributed by atoms with van der Waals surface area (Å²) in [5.41, 5.74) is 2.66. The molecule has 0 unspecified atom stereocenters. The average Bonchev–Trinajstić information content (AvgIpc) is 3.12. The molecule has 0 aliphatic heterocycles. The van der Waals surface area contributed by atoms with E-state index < -0.39 is 0 Å². The average molecular weight is 357 g/mol. The predicted octanol–water partition coefficient (Wildman–Crippen LogP) is 4.14. The Balaban J connectivity index is 1.89. The van der Waals surface area contributed by atoms with Gasteiger partial charge in [-0.1, -0.05) is 6.92 Å². The van der Waals surface area contributed by atoms with E-state index in [1.807, 2.05) is 42.8 Å². The fourth-order valence-electron chi connectivity index (χ4n) is 2.89. The number of rotatable bonds is 5. The Bertz CT molecular complexity index is 907. The van der Waals surface area contributed by atoms with Gasteiger partial charge in [-0.15, -0.1) is 11.3 Å². The van der Waals surface area contributed by atoms with E-state index in [2.05, 4.69) is 24.1 Å². The van der Waals surface area contributed by atoms with Crippen molar-refractivity contribution in [1.29, 1.82) is 0 Å². The summed E-state index contributed by atoms with van der Waals surface area (Å²) in [6, 6.07) is 7.64. The molecule has 0 bridgehead atoms. The van der Waals surface area contributed by atoms with Crippen LogP contribution in [0.5, 0.6) is 5.75 Å². The standard InChI is InChI=1S/C19H23N3O2S/c1-6-15(19-20-11(2)12(3)25-19)21-18(23)17-10-13-9-14(24-5)7-8-16(13)22(17)4/h7-10,15H,6H2,1-5H3,(H,21,23)/t15-/m0/s1. The molecular weight excluding hydrogens is 334 g/mol. The second-order valence-corrected chi connectivity index (χ2v) is 7.38. The van der Waals surface area contributed by atoms with E-state index in [0.717, 1.165) is 33.8 Å². The van der Waals surface area contributed by atoms with Crippen molar-refractivity contribution in [3.05, 3.63) is 45.5 Å². The van der Waals surface area contributed by atoms with Gasteiger partial charge in [0.1, 0.15) is 16.5 Å². The molecule has 3 aromatic rings. The number of carbonyl (C=O) groups is 1. The summed E-state index contributed by atoms with van der Waals surface area (Å²) in [5.74, 6) is 0.695. The Morgan fingerprint density at radius 1 is 1.36 bits per heavy atom. The van der Waals surface area contributed by atoms with Gasteiger partial charge in [0.15, 0.2) is 0 Å². The summed E-state index contributed by atoms with van der Waals surface area (Å²) in [7, 11) is 3.55. The second kappa shape index (κ2) is 6.88. The number of methoxy groups -OCH3 is 1. The molecule has 1 atom stereocenters. The van der Waals surface area contributed by atoms with Crippen molar-refractivity contribution < 1.29 is 9.53 Å². The molecular formula is C19H23N3O2S. The lowest BCUT2D eigenvalue weighted by Gasteiger charge is -2.15. The maximum atomic E-state index is 12.8. The SMILES string of the molecule is CC[C@H](NC(=O)c1cc2cc(OC)ccc2n1C)c1nc(C)c(C)s1. The van der Waals surface area contributed by atoms with E-state index in [4.69, 9.17) is 4.74 Å². The summed E-state index contributed by atoms with van der Waals surface area (Å²) < 4.78 is 7.18. The highest BCUT2D eigenvalue weighted by Crippen LogP contribution is 2.27. The molecule has 5 nitrogen and oxygen atoms in total. The lowest BCUT2D eigenvalue weighted by atomic mass is 10.2. The Morgan fingerprint density at radius 2 is 2.12 bits per heavy atom. The highest BCUT2D eigenvalue weighted by molar-refractivity contribution is 7.11. The van der Waals surface area contributed by atoms with Crippen LogP contribution < -0.4 is 10.1 Å². The number of nitrogens with one attached hydrogen (secondary N) is 1. The fourth-order valence-corrected chi connectivity index (χ4v) is 3.95. The van der Waals surface area contributed by atoms with Crippen LogP contribution in [0.15, 0.2) is 24.3 Å². The quantitative estimate of drug-likeness (QED) is 0.746. The second-order valence-electron chi connectivity index (χ2n) is 6.14. The van der Waals surface area contributed by atoms with Crippen molar-refractivity contribution in [2.75, 3.05) is 7.11 Å². The van der Waals surface area contributed by atoms with Crippen molar-refractivity contribution in [2.45, 2.75) is 33.2 Å². The van der Waals surface area contributed by atoms with Gasteiger partial charge in [-0.3, -0.25) is 4.79 Å². The highest BCUT2D eigenvalue weighted by Gasteiger charge is 2.20. The zero-order chi connectivity index (χ0) is 18.1. The molecule has 0 aliphatic carbocycles. The lowest BCUT2D eigenvalue weighted by Crippen LogP contribution is -2.29. The molecule has 1 N–H and O–H groups in total. The molecule has 132 valence electrons. The minimum Gasteiger partial charge on any atom is -0.497 e. The van der Waals surface area contributed by atoms with Crippen LogP contribution in [0.3, 0.4) is 0 Å². The van der Waals surface area contributed by atoms with Gasteiger partial charge in [0.2, 0.25) is 0 Å². The summed E-state index contributed by atoms with van der Waals surface area (Å²) in [6.45, 7) is 6.12. The van der Waals surface area contributed by atoms with Gasteiger partial charge in [-0.2, -0.15) is 0 Å². The van der Waals surface area contributed by atoms with Gasteiger partial charge in [0.05, 0.1) is 18.8 Å². The van der Waals surface area contributed by atoms with Crippen LogP contribution in [-0.4, -0.2) is 22.6 Å². The first kappa shape index (κ1) is 17.5. The van der Waals surface area contributed by atoms with Crippen molar-refractivity contribution in [2.24, 2.45) is 7.05 Å². The zero-order valence-electron chi connectivity index (χ0n) is 15.2. The van der Waals surface area contributed by atoms with Crippen LogP contribution in [0, 0.1) is 13.8 Å². The molecule has 0 saturated carbocycles. The number of thiazole rings is 1. The normalized spacial score (nSPS) is 12.4. The third kappa shape index (κ3) is 3.26. The molecule has 2 heterocycles. The predicted molar refractivity (Wildman–Crippen MR) is 102 cm³/mol. The molecule has 25 heavy (non-hydrogen) atoms. The Labute approximate surface area is 151 Å². The van der Waals surface area contributed by atoms with E-state index in [0.29, 0.717) is 5.69 Å². The maximum absolute atomic E-state index is 12.8. The summed E-state index contributed by atoms with van der Waals surface area (Å²) in [6.07, 6.45) is 0.801. The third-order valence-corrected chi connectivity index (χ3v) is 5.73. The number of amides is 1. The molecule has 0 aliphatic rings. The smallest absolute Gasteiger partial charge is 0.268 e. The molecule has 1 aromatic carbocycles. The van der Waals surface area contributed by atoms with Gasteiger partial charge in [-0.05, 0) is 44.5 Å². The van der Waals surface area contributed by atoms with Crippen molar-refractivity contribution in [1.82, 2.24) is 14.9 Å². The molecule has 0 radical (unpaired) electrons. The topological polar surface area (TPSA) is 56.1 Å². The molecule has 3 rings (SSSR count). The minimum absolute atomic E-state index is 0.0718. The van der Waals surface area contributed by atoms with Crippen molar-refractivity contribution >= 4 is 28.1 Å². The molecule has 6 heteroatoms. The van der Waals surface area contributed by atoms with Crippen LogP contribution in [0.1, 0.15) is 45.5 Å². The molecule has 0 saturated heterocycles. The van der Waals surface area contributed by atoms with Crippen LogP contribution in [0.25, 0.3) is 10.9 Å². The first-order valence-corrected chi connectivity index (χ1v) is 9.14. The van der Waals surface area contributed by atoms with E-state index in [1.165, 1.54) is 4.88 Å². The van der Waals surface area contributed by atoms with Gasteiger partial charge in [0, 0.05) is 22.8 Å². The maximum Gasteiger partial charge on any atom is 0.268 e. The van der Waals surface area contributed by atoms with Gasteiger partial charge in [0.25, 0.3) is 5.91 Å². The summed E-state index contributed by atoms with van der Waals surface area (Å²) in [5, 5.41) is 5.08. The van der Waals surface area contributed by atoms with E-state index >= 15 is 0 Å². The molecule has 0 fully saturated rings. The van der Waals surface area contributed by atoms with Crippen LogP contribution in [0.4, 0.5) is 0 Å². The number of hydrogen-bond acceptors (Lipinski definition) is 4. The number of benzene rings is 1. The van der Waals surface area contributed by atoms with E-state index in [-0.39, 0.29) is 11.9 Å². The third-order valence-electron chi connectivity index (χ3n) is 4.54. The van der Waals surface area contributed by atoms with Crippen LogP contribution in [0.2, 0.25) is 0 Å². The Morgan fingerprint density at radius 3 is 2.72 bits per heavy atom. The first-order chi connectivity index (χ1) is 11.9. The van der Waals surface area contributed by atoms with Gasteiger partial charge in [-0.25, -0.2) is 4.98 Å². The van der Waals surface area contributed by atoms with Crippen molar-refractivity contribution in [3.8, 4) is 5.75 Å². The zero-order valence-corrected chi connectivity index (χ0v) is 16.0. The van der Waals surface area contributed by atoms with E-state index in [9.17, 15) is 4.79 Å². The van der Waals surface area contributed by atoms with E-state index in [1.54, 1.807) is 18.4 Å². The number of fused-ring (bicyclic) bond motifs is 1. The summed E-state index contributed by atoms with van der Waals surface area (Å²) >= 11 is 1.65. The summed E-state index contributed by atoms with van der Waals surface area (Å²) in [4.78, 5) is 18.6. The number of nitrogens with zero attached hydrogens (tertiary/aromatic N) is 2. The number of hydrogen-bond donors (Lipinski definition) is 1. The number of aromatic nitrogens is 2. The molecule has 0 spiro atoms. The fraction of sp³-hybridized carbons (Fsp3) is 0.368. The number of ether oxygens (including phenoxy) is 1. The molecule has 2 aromatic heterocycles. The van der Waals surface area contributed by atoms with Gasteiger partial charge < -0.3 is 14.6 Å². The Hall–Kier alpha value is -2.34.